The van der Waals surface area contributed by atoms with Gasteiger partial charge in [0.2, 0.25) is 0 Å². The molecule has 1 amide bonds. The zero-order valence-electron chi connectivity index (χ0n) is 10.5. The fourth-order valence-corrected chi connectivity index (χ4v) is 2.38. The second-order valence-electron chi connectivity index (χ2n) is 4.69. The SMILES string of the molecule is O=C(O)N1CC[C@H](Oc2ccc3c(c2)NCCO3)C1. The molecule has 102 valence electrons. The quantitative estimate of drug-likeness (QED) is 0.849. The second kappa shape index (κ2) is 4.87. The van der Waals surface area contributed by atoms with Gasteiger partial charge in [0, 0.05) is 25.6 Å². The molecule has 1 atom stereocenters. The van der Waals surface area contributed by atoms with E-state index >= 15 is 0 Å². The molecule has 1 aromatic carbocycles. The maximum Gasteiger partial charge on any atom is 0.407 e. The number of nitrogens with one attached hydrogen (secondary N) is 1. The van der Waals surface area contributed by atoms with Gasteiger partial charge in [-0.1, -0.05) is 0 Å². The molecule has 0 bridgehead atoms. The van der Waals surface area contributed by atoms with E-state index in [1.54, 1.807) is 0 Å². The number of rotatable bonds is 2. The average Bonchev–Trinajstić information content (AvgIpc) is 2.87. The van der Waals surface area contributed by atoms with Crippen molar-refractivity contribution in [3.63, 3.8) is 0 Å². The lowest BCUT2D eigenvalue weighted by Crippen LogP contribution is -2.29. The molecule has 19 heavy (non-hydrogen) atoms. The Morgan fingerprint density at radius 2 is 2.42 bits per heavy atom. The normalized spacial score (nSPS) is 21.3. The summed E-state index contributed by atoms with van der Waals surface area (Å²) in [5.74, 6) is 1.58. The summed E-state index contributed by atoms with van der Waals surface area (Å²) in [7, 11) is 0. The summed E-state index contributed by atoms with van der Waals surface area (Å²) < 4.78 is 11.3. The molecule has 0 aromatic heterocycles. The summed E-state index contributed by atoms with van der Waals surface area (Å²) in [6.07, 6.45) is -0.224. The molecule has 3 rings (SSSR count). The molecule has 1 fully saturated rings. The Morgan fingerprint density at radius 3 is 3.21 bits per heavy atom. The van der Waals surface area contributed by atoms with Crippen LogP contribution in [0.3, 0.4) is 0 Å². The van der Waals surface area contributed by atoms with Gasteiger partial charge in [0.25, 0.3) is 0 Å². The number of likely N-dealkylation sites (tertiary alicyclic amines) is 1. The third-order valence-electron chi connectivity index (χ3n) is 3.34. The molecule has 1 saturated heterocycles. The zero-order chi connectivity index (χ0) is 13.2. The second-order valence-corrected chi connectivity index (χ2v) is 4.69. The summed E-state index contributed by atoms with van der Waals surface area (Å²) in [6.45, 7) is 2.42. The number of nitrogens with zero attached hydrogens (tertiary/aromatic N) is 1. The van der Waals surface area contributed by atoms with Crippen LogP contribution in [0.25, 0.3) is 0 Å². The Kier molecular flexibility index (Phi) is 3.06. The van der Waals surface area contributed by atoms with Crippen molar-refractivity contribution in [2.24, 2.45) is 0 Å². The van der Waals surface area contributed by atoms with Gasteiger partial charge in [0.15, 0.2) is 0 Å². The Hall–Kier alpha value is -2.11. The number of hydrogen-bond acceptors (Lipinski definition) is 4. The predicted molar refractivity (Wildman–Crippen MR) is 69.1 cm³/mol. The van der Waals surface area contributed by atoms with Crippen LogP contribution in [0.2, 0.25) is 0 Å². The van der Waals surface area contributed by atoms with Gasteiger partial charge in [0.1, 0.15) is 24.2 Å². The van der Waals surface area contributed by atoms with E-state index in [1.807, 2.05) is 18.2 Å². The van der Waals surface area contributed by atoms with E-state index < -0.39 is 6.09 Å². The van der Waals surface area contributed by atoms with Crippen LogP contribution in [-0.4, -0.2) is 48.4 Å². The van der Waals surface area contributed by atoms with Crippen LogP contribution >= 0.6 is 0 Å². The van der Waals surface area contributed by atoms with Crippen LogP contribution in [0, 0.1) is 0 Å². The molecule has 6 heteroatoms. The lowest BCUT2D eigenvalue weighted by atomic mass is 10.2. The molecular weight excluding hydrogens is 248 g/mol. The van der Waals surface area contributed by atoms with Gasteiger partial charge in [-0.3, -0.25) is 0 Å². The number of hydrogen-bond donors (Lipinski definition) is 2. The Balaban J connectivity index is 1.66. The highest BCUT2D eigenvalue weighted by Crippen LogP contribution is 2.32. The minimum Gasteiger partial charge on any atom is -0.490 e. The molecule has 0 aliphatic carbocycles. The zero-order valence-corrected chi connectivity index (χ0v) is 10.5. The number of carbonyl (C=O) groups is 1. The Labute approximate surface area is 110 Å². The van der Waals surface area contributed by atoms with Crippen LogP contribution in [-0.2, 0) is 0 Å². The number of carboxylic acid groups (broad SMARTS) is 1. The predicted octanol–water partition coefficient (Wildman–Crippen LogP) is 1.62. The topological polar surface area (TPSA) is 71.0 Å². The van der Waals surface area contributed by atoms with Crippen LogP contribution in [0.15, 0.2) is 18.2 Å². The number of ether oxygens (including phenoxy) is 2. The largest absolute Gasteiger partial charge is 0.490 e. The number of fused-ring (bicyclic) bond motifs is 1. The molecule has 0 radical (unpaired) electrons. The van der Waals surface area contributed by atoms with E-state index in [0.29, 0.717) is 19.7 Å². The fraction of sp³-hybridized carbons (Fsp3) is 0.462. The molecule has 0 spiro atoms. The summed E-state index contributed by atoms with van der Waals surface area (Å²) >= 11 is 0. The molecular formula is C13H16N2O4. The Bertz CT molecular complexity index is 492. The fourth-order valence-electron chi connectivity index (χ4n) is 2.38. The van der Waals surface area contributed by atoms with Gasteiger partial charge >= 0.3 is 6.09 Å². The van der Waals surface area contributed by atoms with Crippen LogP contribution in [0.1, 0.15) is 6.42 Å². The number of anilines is 1. The first-order chi connectivity index (χ1) is 9.22. The molecule has 2 N–H and O–H groups in total. The van der Waals surface area contributed by atoms with Gasteiger partial charge in [-0.15, -0.1) is 0 Å². The highest BCUT2D eigenvalue weighted by atomic mass is 16.5. The molecule has 0 saturated carbocycles. The molecule has 6 nitrogen and oxygen atoms in total. The average molecular weight is 264 g/mol. The smallest absolute Gasteiger partial charge is 0.407 e. The van der Waals surface area contributed by atoms with Crippen molar-refractivity contribution in [2.45, 2.75) is 12.5 Å². The van der Waals surface area contributed by atoms with Gasteiger partial charge in [0.05, 0.1) is 12.2 Å². The molecule has 0 unspecified atom stereocenters. The maximum atomic E-state index is 10.8. The third-order valence-corrected chi connectivity index (χ3v) is 3.34. The Morgan fingerprint density at radius 1 is 1.53 bits per heavy atom. The summed E-state index contributed by atoms with van der Waals surface area (Å²) in [5.41, 5.74) is 0.928. The highest BCUT2D eigenvalue weighted by molar-refractivity contribution is 5.65. The van der Waals surface area contributed by atoms with Crippen molar-refractivity contribution >= 4 is 11.8 Å². The van der Waals surface area contributed by atoms with E-state index in [0.717, 1.165) is 30.2 Å². The lowest BCUT2D eigenvalue weighted by Gasteiger charge is -2.21. The molecule has 2 aliphatic heterocycles. The van der Waals surface area contributed by atoms with Crippen molar-refractivity contribution in [3.8, 4) is 11.5 Å². The first-order valence-electron chi connectivity index (χ1n) is 6.37. The van der Waals surface area contributed by atoms with Crippen molar-refractivity contribution in [3.05, 3.63) is 18.2 Å². The minimum atomic E-state index is -0.883. The van der Waals surface area contributed by atoms with E-state index in [2.05, 4.69) is 5.32 Å². The van der Waals surface area contributed by atoms with Crippen LogP contribution in [0.4, 0.5) is 10.5 Å². The highest BCUT2D eigenvalue weighted by Gasteiger charge is 2.27. The molecule has 2 heterocycles. The van der Waals surface area contributed by atoms with Crippen LogP contribution in [0.5, 0.6) is 11.5 Å². The van der Waals surface area contributed by atoms with Gasteiger partial charge in [-0.2, -0.15) is 0 Å². The van der Waals surface area contributed by atoms with Crippen molar-refractivity contribution < 1.29 is 19.4 Å². The monoisotopic (exact) mass is 264 g/mol. The summed E-state index contributed by atoms with van der Waals surface area (Å²) in [6, 6.07) is 5.63. The van der Waals surface area contributed by atoms with Crippen LogP contribution < -0.4 is 14.8 Å². The van der Waals surface area contributed by atoms with Crippen molar-refractivity contribution in [1.29, 1.82) is 0 Å². The van der Waals surface area contributed by atoms with Gasteiger partial charge < -0.3 is 24.8 Å². The third kappa shape index (κ3) is 2.52. The maximum absolute atomic E-state index is 10.8. The summed E-state index contributed by atoms with van der Waals surface area (Å²) in [5, 5.41) is 12.1. The van der Waals surface area contributed by atoms with E-state index in [-0.39, 0.29) is 6.10 Å². The molecule has 1 aromatic rings. The minimum absolute atomic E-state index is 0.0707. The van der Waals surface area contributed by atoms with Crippen molar-refractivity contribution in [1.82, 2.24) is 4.90 Å². The number of benzene rings is 1. The van der Waals surface area contributed by atoms with E-state index in [4.69, 9.17) is 14.6 Å². The first kappa shape index (κ1) is 12.0. The first-order valence-corrected chi connectivity index (χ1v) is 6.37. The number of amides is 1. The van der Waals surface area contributed by atoms with Gasteiger partial charge in [-0.05, 0) is 12.1 Å². The molecule has 2 aliphatic rings. The standard InChI is InChI=1S/C13H16N2O4/c16-13(17)15-5-3-10(8-15)19-9-1-2-12-11(7-9)14-4-6-18-12/h1-2,7,10,14H,3-6,8H2,(H,16,17)/t10-/m0/s1. The van der Waals surface area contributed by atoms with E-state index in [1.165, 1.54) is 4.90 Å². The summed E-state index contributed by atoms with van der Waals surface area (Å²) in [4.78, 5) is 12.2. The lowest BCUT2D eigenvalue weighted by molar-refractivity contribution is 0.145. The van der Waals surface area contributed by atoms with Crippen molar-refractivity contribution in [2.75, 3.05) is 31.6 Å². The van der Waals surface area contributed by atoms with E-state index in [9.17, 15) is 4.79 Å². The van der Waals surface area contributed by atoms with Gasteiger partial charge in [-0.25, -0.2) is 4.79 Å².